The van der Waals surface area contributed by atoms with E-state index >= 15 is 0 Å². The van der Waals surface area contributed by atoms with Gasteiger partial charge in [-0.2, -0.15) is 0 Å². The lowest BCUT2D eigenvalue weighted by atomic mass is 9.69. The maximum Gasteiger partial charge on any atom is 0.310 e. The van der Waals surface area contributed by atoms with Crippen LogP contribution in [0.2, 0.25) is 0 Å². The van der Waals surface area contributed by atoms with Gasteiger partial charge in [0.15, 0.2) is 0 Å². The molecule has 0 aromatic heterocycles. The Bertz CT molecular complexity index is 306. The number of ether oxygens (including phenoxy) is 1. The van der Waals surface area contributed by atoms with Crippen molar-refractivity contribution in [1.29, 1.82) is 0 Å². The molecular formula is C11H14O3. The van der Waals surface area contributed by atoms with E-state index in [0.717, 1.165) is 0 Å². The molecule has 2 aliphatic rings. The van der Waals surface area contributed by atoms with Gasteiger partial charge in [-0.1, -0.05) is 24.3 Å². The van der Waals surface area contributed by atoms with E-state index in [4.69, 9.17) is 4.74 Å². The van der Waals surface area contributed by atoms with E-state index in [-0.39, 0.29) is 12.0 Å². The van der Waals surface area contributed by atoms with E-state index in [0.29, 0.717) is 13.0 Å². The third-order valence-corrected chi connectivity index (χ3v) is 3.24. The molecule has 3 nitrogen and oxygen atoms in total. The van der Waals surface area contributed by atoms with Crippen LogP contribution in [0.25, 0.3) is 0 Å². The highest BCUT2D eigenvalue weighted by molar-refractivity contribution is 5.75. The van der Waals surface area contributed by atoms with Gasteiger partial charge < -0.3 is 9.84 Å². The van der Waals surface area contributed by atoms with Crippen LogP contribution in [-0.4, -0.2) is 23.8 Å². The highest BCUT2D eigenvalue weighted by atomic mass is 16.5. The quantitative estimate of drug-likeness (QED) is 0.689. The van der Waals surface area contributed by atoms with Crippen molar-refractivity contribution < 1.29 is 14.6 Å². The third-order valence-electron chi connectivity index (χ3n) is 3.24. The Morgan fingerprint density at radius 2 is 2.21 bits per heavy atom. The van der Waals surface area contributed by atoms with Crippen LogP contribution in [0, 0.1) is 11.3 Å². The van der Waals surface area contributed by atoms with E-state index in [2.05, 4.69) is 0 Å². The molecule has 1 aliphatic heterocycles. The number of allylic oxidation sites excluding steroid dienone is 2. The number of carboxylic acid groups (broad SMARTS) is 1. The van der Waals surface area contributed by atoms with E-state index in [9.17, 15) is 9.90 Å². The van der Waals surface area contributed by atoms with Crippen molar-refractivity contribution in [3.8, 4) is 0 Å². The molecule has 0 spiro atoms. The van der Waals surface area contributed by atoms with Gasteiger partial charge in [0.05, 0.1) is 11.5 Å². The van der Waals surface area contributed by atoms with Crippen LogP contribution in [0.4, 0.5) is 0 Å². The van der Waals surface area contributed by atoms with Gasteiger partial charge in [-0.15, -0.1) is 0 Å². The Labute approximate surface area is 83.1 Å². The van der Waals surface area contributed by atoms with Gasteiger partial charge in [0.25, 0.3) is 0 Å². The molecule has 3 atom stereocenters. The fourth-order valence-electron chi connectivity index (χ4n) is 2.14. The molecule has 1 N–H and O–H groups in total. The Hall–Kier alpha value is -1.09. The SMILES string of the molecule is CC1(C(=O)O)CCOC2C=CC=CC21. The Morgan fingerprint density at radius 3 is 2.93 bits per heavy atom. The minimum atomic E-state index is -0.726. The first-order valence-electron chi connectivity index (χ1n) is 4.84. The molecule has 0 aromatic rings. The van der Waals surface area contributed by atoms with Crippen molar-refractivity contribution in [2.75, 3.05) is 6.61 Å². The minimum absolute atomic E-state index is 0.0289. The van der Waals surface area contributed by atoms with Gasteiger partial charge in [0.1, 0.15) is 0 Å². The molecule has 0 amide bonds. The van der Waals surface area contributed by atoms with Crippen LogP contribution < -0.4 is 0 Å². The molecule has 3 unspecified atom stereocenters. The van der Waals surface area contributed by atoms with Crippen molar-refractivity contribution in [3.63, 3.8) is 0 Å². The maximum absolute atomic E-state index is 11.2. The molecular weight excluding hydrogens is 180 g/mol. The zero-order valence-corrected chi connectivity index (χ0v) is 8.14. The summed E-state index contributed by atoms with van der Waals surface area (Å²) in [6.07, 6.45) is 8.21. The summed E-state index contributed by atoms with van der Waals surface area (Å²) in [6.45, 7) is 2.33. The summed E-state index contributed by atoms with van der Waals surface area (Å²) in [5.41, 5.74) is -0.676. The lowest BCUT2D eigenvalue weighted by Crippen LogP contribution is -2.47. The lowest BCUT2D eigenvalue weighted by molar-refractivity contribution is -0.160. The summed E-state index contributed by atoms with van der Waals surface area (Å²) in [4.78, 5) is 11.2. The molecule has 3 heteroatoms. The fourth-order valence-corrected chi connectivity index (χ4v) is 2.14. The fraction of sp³-hybridized carbons (Fsp3) is 0.545. The van der Waals surface area contributed by atoms with Crippen LogP contribution in [0.5, 0.6) is 0 Å². The average molecular weight is 194 g/mol. The van der Waals surface area contributed by atoms with E-state index in [1.807, 2.05) is 24.3 Å². The summed E-state index contributed by atoms with van der Waals surface area (Å²) >= 11 is 0. The van der Waals surface area contributed by atoms with Crippen molar-refractivity contribution in [2.45, 2.75) is 19.4 Å². The molecule has 76 valence electrons. The largest absolute Gasteiger partial charge is 0.481 e. The monoisotopic (exact) mass is 194 g/mol. The van der Waals surface area contributed by atoms with Crippen LogP contribution in [-0.2, 0) is 9.53 Å². The first-order chi connectivity index (χ1) is 6.64. The van der Waals surface area contributed by atoms with Gasteiger partial charge in [-0.25, -0.2) is 0 Å². The number of carbonyl (C=O) groups is 1. The number of fused-ring (bicyclic) bond motifs is 1. The zero-order chi connectivity index (χ0) is 10.2. The molecule has 1 fully saturated rings. The standard InChI is InChI=1S/C11H14O3/c1-11(10(12)13)6-7-14-9-5-3-2-4-8(9)11/h2-5,8-9H,6-7H2,1H3,(H,12,13). The smallest absolute Gasteiger partial charge is 0.310 e. The highest BCUT2D eigenvalue weighted by Crippen LogP contribution is 2.41. The minimum Gasteiger partial charge on any atom is -0.481 e. The van der Waals surface area contributed by atoms with Crippen LogP contribution in [0.1, 0.15) is 13.3 Å². The summed E-state index contributed by atoms with van der Waals surface area (Å²) < 4.78 is 5.53. The van der Waals surface area contributed by atoms with Gasteiger partial charge in [-0.3, -0.25) is 4.79 Å². The number of hydrogen-bond donors (Lipinski definition) is 1. The molecule has 1 aliphatic carbocycles. The predicted octanol–water partition coefficient (Wildman–Crippen LogP) is 1.61. The molecule has 0 bridgehead atoms. The summed E-state index contributed by atoms with van der Waals surface area (Å²) in [5, 5.41) is 9.22. The van der Waals surface area contributed by atoms with Gasteiger partial charge >= 0.3 is 5.97 Å². The van der Waals surface area contributed by atoms with E-state index < -0.39 is 11.4 Å². The van der Waals surface area contributed by atoms with Crippen molar-refractivity contribution >= 4 is 5.97 Å². The van der Waals surface area contributed by atoms with Crippen LogP contribution in [0.3, 0.4) is 0 Å². The van der Waals surface area contributed by atoms with Crippen molar-refractivity contribution in [2.24, 2.45) is 11.3 Å². The topological polar surface area (TPSA) is 46.5 Å². The molecule has 0 aromatic carbocycles. The molecule has 0 saturated carbocycles. The van der Waals surface area contributed by atoms with Crippen LogP contribution in [0.15, 0.2) is 24.3 Å². The number of hydrogen-bond acceptors (Lipinski definition) is 2. The third kappa shape index (κ3) is 1.28. The number of carboxylic acids is 1. The molecule has 0 radical (unpaired) electrons. The Kier molecular flexibility index (Phi) is 2.19. The molecule has 1 heterocycles. The van der Waals surface area contributed by atoms with E-state index in [1.165, 1.54) is 0 Å². The highest BCUT2D eigenvalue weighted by Gasteiger charge is 2.46. The number of rotatable bonds is 1. The van der Waals surface area contributed by atoms with Gasteiger partial charge in [0.2, 0.25) is 0 Å². The summed E-state index contributed by atoms with van der Waals surface area (Å²) in [5.74, 6) is -0.755. The van der Waals surface area contributed by atoms with Crippen LogP contribution >= 0.6 is 0 Å². The second-order valence-electron chi connectivity index (χ2n) is 4.10. The van der Waals surface area contributed by atoms with Crippen molar-refractivity contribution in [3.05, 3.63) is 24.3 Å². The maximum atomic E-state index is 11.2. The predicted molar refractivity (Wildman–Crippen MR) is 51.9 cm³/mol. The Balaban J connectivity index is 2.30. The van der Waals surface area contributed by atoms with Gasteiger partial charge in [0, 0.05) is 12.5 Å². The first kappa shape index (κ1) is 9.46. The van der Waals surface area contributed by atoms with E-state index in [1.54, 1.807) is 6.92 Å². The zero-order valence-electron chi connectivity index (χ0n) is 8.14. The second-order valence-corrected chi connectivity index (χ2v) is 4.10. The molecule has 1 saturated heterocycles. The van der Waals surface area contributed by atoms with Gasteiger partial charge in [-0.05, 0) is 13.3 Å². The van der Waals surface area contributed by atoms with Crippen molar-refractivity contribution in [1.82, 2.24) is 0 Å². The lowest BCUT2D eigenvalue weighted by Gasteiger charge is -2.41. The summed E-state index contributed by atoms with van der Waals surface area (Å²) in [6, 6.07) is 0. The summed E-state index contributed by atoms with van der Waals surface area (Å²) in [7, 11) is 0. The number of aliphatic carboxylic acids is 1. The molecule has 14 heavy (non-hydrogen) atoms. The normalized spacial score (nSPS) is 40.6. The average Bonchev–Trinajstić information content (AvgIpc) is 2.18. The molecule has 2 rings (SSSR count). The first-order valence-corrected chi connectivity index (χ1v) is 4.84. The Morgan fingerprint density at radius 1 is 1.50 bits per heavy atom. The second kappa shape index (κ2) is 3.24.